The average Bonchev–Trinajstić information content (AvgIpc) is 2.68. The van der Waals surface area contributed by atoms with Gasteiger partial charge in [0.1, 0.15) is 5.82 Å². The Morgan fingerprint density at radius 3 is 3.07 bits per heavy atom. The van der Waals surface area contributed by atoms with Crippen LogP contribution in [0.3, 0.4) is 0 Å². The molecule has 5 heteroatoms. The number of H-pyrrole nitrogens is 1. The number of benzene rings is 1. The average molecular weight is 220 g/mol. The van der Waals surface area contributed by atoms with Crippen molar-refractivity contribution in [3.8, 4) is 0 Å². The number of nitrogens with one attached hydrogen (secondary N) is 1. The van der Waals surface area contributed by atoms with E-state index in [1.165, 1.54) is 11.8 Å². The maximum atomic E-state index is 5.59. The number of nitrogens with zero attached hydrogens (tertiary/aromatic N) is 2. The molecule has 0 aliphatic rings. The van der Waals surface area contributed by atoms with Gasteiger partial charge in [-0.3, -0.25) is 4.99 Å². The van der Waals surface area contributed by atoms with Crippen molar-refractivity contribution in [2.75, 3.05) is 7.05 Å². The van der Waals surface area contributed by atoms with Crippen molar-refractivity contribution < 1.29 is 0 Å². The summed E-state index contributed by atoms with van der Waals surface area (Å²) in [6, 6.07) is 7.95. The van der Waals surface area contributed by atoms with Gasteiger partial charge in [0, 0.05) is 7.05 Å². The van der Waals surface area contributed by atoms with Crippen LogP contribution >= 0.6 is 11.8 Å². The first-order valence-electron chi connectivity index (χ1n) is 4.58. The quantitative estimate of drug-likeness (QED) is 0.598. The molecule has 0 aliphatic carbocycles. The number of hydrogen-bond acceptors (Lipinski definition) is 3. The van der Waals surface area contributed by atoms with Gasteiger partial charge in [-0.15, -0.1) is 0 Å². The summed E-state index contributed by atoms with van der Waals surface area (Å²) < 4.78 is 0. The van der Waals surface area contributed by atoms with Crippen molar-refractivity contribution in [3.63, 3.8) is 0 Å². The second-order valence-corrected chi connectivity index (χ2v) is 4.05. The lowest BCUT2D eigenvalue weighted by Crippen LogP contribution is -2.06. The molecule has 3 N–H and O–H groups in total. The van der Waals surface area contributed by atoms with E-state index in [-0.39, 0.29) is 0 Å². The second-order valence-electron chi connectivity index (χ2n) is 3.05. The highest BCUT2D eigenvalue weighted by Gasteiger charge is 2.02. The molecular weight excluding hydrogens is 208 g/mol. The van der Waals surface area contributed by atoms with Crippen LogP contribution in [0.4, 0.5) is 0 Å². The van der Waals surface area contributed by atoms with Gasteiger partial charge in [0.25, 0.3) is 0 Å². The minimum Gasteiger partial charge on any atom is -0.379 e. The third-order valence-electron chi connectivity index (χ3n) is 2.02. The normalized spacial score (nSPS) is 12.2. The Bertz CT molecular complexity index is 456. The number of hydrogen-bond donors (Lipinski definition) is 2. The summed E-state index contributed by atoms with van der Waals surface area (Å²) in [6.07, 6.45) is 0. The molecule has 0 saturated heterocycles. The van der Waals surface area contributed by atoms with Gasteiger partial charge < -0.3 is 10.7 Å². The van der Waals surface area contributed by atoms with Crippen LogP contribution in [0.15, 0.2) is 29.3 Å². The van der Waals surface area contributed by atoms with E-state index in [0.29, 0.717) is 5.17 Å². The molecule has 1 heterocycles. The van der Waals surface area contributed by atoms with E-state index in [0.717, 1.165) is 22.6 Å². The maximum absolute atomic E-state index is 5.59. The van der Waals surface area contributed by atoms with Crippen molar-refractivity contribution in [1.82, 2.24) is 9.97 Å². The molecule has 15 heavy (non-hydrogen) atoms. The molecular formula is C10H12N4S. The van der Waals surface area contributed by atoms with Crippen LogP contribution in [-0.4, -0.2) is 22.2 Å². The molecule has 1 aromatic carbocycles. The number of amidine groups is 1. The summed E-state index contributed by atoms with van der Waals surface area (Å²) in [7, 11) is 1.68. The summed E-state index contributed by atoms with van der Waals surface area (Å²) in [5.41, 5.74) is 7.63. The van der Waals surface area contributed by atoms with Crippen LogP contribution in [0.25, 0.3) is 11.0 Å². The highest BCUT2D eigenvalue weighted by atomic mass is 32.2. The maximum Gasteiger partial charge on any atom is 0.154 e. The van der Waals surface area contributed by atoms with E-state index in [9.17, 15) is 0 Å². The second kappa shape index (κ2) is 4.35. The first-order chi connectivity index (χ1) is 7.29. The van der Waals surface area contributed by atoms with Crippen molar-refractivity contribution in [1.29, 1.82) is 0 Å². The molecule has 0 saturated carbocycles. The van der Waals surface area contributed by atoms with Gasteiger partial charge in [0.05, 0.1) is 16.8 Å². The lowest BCUT2D eigenvalue weighted by molar-refractivity contribution is 1.14. The van der Waals surface area contributed by atoms with Crippen LogP contribution < -0.4 is 5.73 Å². The predicted octanol–water partition coefficient (Wildman–Crippen LogP) is 1.74. The molecule has 0 aliphatic heterocycles. The monoisotopic (exact) mass is 220 g/mol. The first-order valence-corrected chi connectivity index (χ1v) is 5.57. The van der Waals surface area contributed by atoms with E-state index in [2.05, 4.69) is 15.0 Å². The standard InChI is InChI=1S/C10H12N4S/c1-12-10(11)15-6-9-13-7-4-2-3-5-8(7)14-9/h2-5H,6H2,1H3,(H2,11,12)(H,13,14). The van der Waals surface area contributed by atoms with Gasteiger partial charge in [-0.2, -0.15) is 0 Å². The molecule has 78 valence electrons. The number of rotatable bonds is 2. The van der Waals surface area contributed by atoms with E-state index in [4.69, 9.17) is 5.73 Å². The number of fused-ring (bicyclic) bond motifs is 1. The third-order valence-corrected chi connectivity index (χ3v) is 2.91. The van der Waals surface area contributed by atoms with Crippen molar-refractivity contribution in [3.05, 3.63) is 30.1 Å². The van der Waals surface area contributed by atoms with Gasteiger partial charge in [0.15, 0.2) is 5.17 Å². The lowest BCUT2D eigenvalue weighted by atomic mass is 10.3. The number of thioether (sulfide) groups is 1. The topological polar surface area (TPSA) is 67.1 Å². The highest BCUT2D eigenvalue weighted by Crippen LogP contribution is 2.14. The summed E-state index contributed by atoms with van der Waals surface area (Å²) in [6.45, 7) is 0. The summed E-state index contributed by atoms with van der Waals surface area (Å²) >= 11 is 1.48. The zero-order valence-corrected chi connectivity index (χ0v) is 9.21. The Labute approximate surface area is 92.0 Å². The number of aromatic amines is 1. The molecule has 2 rings (SSSR count). The molecule has 1 aromatic heterocycles. The molecule has 0 radical (unpaired) electrons. The minimum absolute atomic E-state index is 0.579. The number of imidazole rings is 1. The van der Waals surface area contributed by atoms with E-state index >= 15 is 0 Å². The number of aromatic nitrogens is 2. The van der Waals surface area contributed by atoms with Crippen LogP contribution in [0, 0.1) is 0 Å². The SMILES string of the molecule is CN=C(N)SCc1nc2ccccc2[nH]1. The van der Waals surface area contributed by atoms with E-state index < -0.39 is 0 Å². The molecule has 2 aromatic rings. The summed E-state index contributed by atoms with van der Waals surface area (Å²) in [5, 5.41) is 0.579. The Hall–Kier alpha value is -1.49. The molecule has 0 atom stereocenters. The molecule has 4 nitrogen and oxygen atoms in total. The van der Waals surface area contributed by atoms with Gasteiger partial charge in [-0.1, -0.05) is 23.9 Å². The molecule has 0 spiro atoms. The Kier molecular flexibility index (Phi) is 2.91. The third kappa shape index (κ3) is 2.30. The van der Waals surface area contributed by atoms with Crippen LogP contribution in [0.2, 0.25) is 0 Å². The predicted molar refractivity (Wildman–Crippen MR) is 64.9 cm³/mol. The smallest absolute Gasteiger partial charge is 0.154 e. The fourth-order valence-corrected chi connectivity index (χ4v) is 1.83. The highest BCUT2D eigenvalue weighted by molar-refractivity contribution is 8.13. The molecule has 0 unspecified atom stereocenters. The van der Waals surface area contributed by atoms with Gasteiger partial charge in [-0.25, -0.2) is 4.98 Å². The first kappa shape index (κ1) is 10.0. The summed E-state index contributed by atoms with van der Waals surface area (Å²) in [4.78, 5) is 11.5. The van der Waals surface area contributed by atoms with Crippen molar-refractivity contribution in [2.45, 2.75) is 5.75 Å². The fraction of sp³-hybridized carbons (Fsp3) is 0.200. The van der Waals surface area contributed by atoms with Gasteiger partial charge in [-0.05, 0) is 12.1 Å². The number of nitrogens with two attached hydrogens (primary N) is 1. The largest absolute Gasteiger partial charge is 0.379 e. The summed E-state index contributed by atoms with van der Waals surface area (Å²) in [5.74, 6) is 1.64. The Morgan fingerprint density at radius 2 is 2.33 bits per heavy atom. The Morgan fingerprint density at radius 1 is 1.53 bits per heavy atom. The Balaban J connectivity index is 2.15. The van der Waals surface area contributed by atoms with Gasteiger partial charge in [0.2, 0.25) is 0 Å². The number of para-hydroxylation sites is 2. The zero-order valence-electron chi connectivity index (χ0n) is 8.40. The zero-order chi connectivity index (χ0) is 10.7. The lowest BCUT2D eigenvalue weighted by Gasteiger charge is -1.95. The van der Waals surface area contributed by atoms with Crippen LogP contribution in [0.5, 0.6) is 0 Å². The molecule has 0 amide bonds. The van der Waals surface area contributed by atoms with E-state index in [1.54, 1.807) is 7.05 Å². The van der Waals surface area contributed by atoms with Crippen molar-refractivity contribution >= 4 is 28.0 Å². The van der Waals surface area contributed by atoms with Crippen molar-refractivity contribution in [2.24, 2.45) is 10.7 Å². The van der Waals surface area contributed by atoms with Crippen LogP contribution in [0.1, 0.15) is 5.82 Å². The molecule has 0 fully saturated rings. The number of aliphatic imine (C=N–C) groups is 1. The van der Waals surface area contributed by atoms with Gasteiger partial charge >= 0.3 is 0 Å². The molecule has 0 bridgehead atoms. The van der Waals surface area contributed by atoms with E-state index in [1.807, 2.05) is 24.3 Å². The fourth-order valence-electron chi connectivity index (χ4n) is 1.28. The van der Waals surface area contributed by atoms with Crippen LogP contribution in [-0.2, 0) is 5.75 Å². The minimum atomic E-state index is 0.579.